The first-order chi connectivity index (χ1) is 16.3. The molecule has 4 rings (SSSR count). The maximum absolute atomic E-state index is 12.5. The number of likely N-dealkylation sites (tertiary alicyclic amines) is 1. The Morgan fingerprint density at radius 1 is 1.24 bits per heavy atom. The summed E-state index contributed by atoms with van der Waals surface area (Å²) in [6.45, 7) is 10.0. The average Bonchev–Trinajstić information content (AvgIpc) is 3.18. The predicted molar refractivity (Wildman–Crippen MR) is 137 cm³/mol. The molecule has 3 aromatic rings. The third-order valence-electron chi connectivity index (χ3n) is 6.64. The molecule has 8 nitrogen and oxygen atoms in total. The van der Waals surface area contributed by atoms with Gasteiger partial charge in [0.05, 0.1) is 5.69 Å². The number of carbonyl (C=O) groups is 1. The van der Waals surface area contributed by atoms with Gasteiger partial charge in [-0.05, 0) is 73.9 Å². The van der Waals surface area contributed by atoms with Gasteiger partial charge in [0.2, 0.25) is 5.91 Å². The highest BCUT2D eigenvalue weighted by molar-refractivity contribution is 5.92. The molecule has 5 N–H and O–H groups in total. The number of hydrogen-bond acceptors (Lipinski definition) is 5. The number of aryl methyl sites for hydroxylation is 2. The van der Waals surface area contributed by atoms with Crippen LogP contribution >= 0.6 is 0 Å². The van der Waals surface area contributed by atoms with Crippen LogP contribution in [-0.4, -0.2) is 51.9 Å². The largest absolute Gasteiger partial charge is 0.388 e. The molecule has 2 aromatic heterocycles. The number of benzene rings is 1. The number of carbonyl (C=O) groups excluding carboxylic acids is 1. The lowest BCUT2D eigenvalue weighted by Gasteiger charge is -2.33. The Morgan fingerprint density at radius 3 is 2.53 bits per heavy atom. The van der Waals surface area contributed by atoms with Crippen LogP contribution in [0.5, 0.6) is 0 Å². The van der Waals surface area contributed by atoms with Crippen LogP contribution in [0.25, 0.3) is 22.2 Å². The number of hydrazone groups is 1. The lowest BCUT2D eigenvalue weighted by molar-refractivity contribution is -0.133. The molecule has 0 radical (unpaired) electrons. The van der Waals surface area contributed by atoms with Gasteiger partial charge in [-0.15, -0.1) is 0 Å². The lowest BCUT2D eigenvalue weighted by Crippen LogP contribution is -2.44. The molecule has 180 valence electrons. The molecule has 0 unspecified atom stereocenters. The van der Waals surface area contributed by atoms with E-state index in [1.165, 1.54) is 27.8 Å². The molecule has 1 aliphatic rings. The van der Waals surface area contributed by atoms with Crippen LogP contribution in [0.3, 0.4) is 0 Å². The minimum Gasteiger partial charge on any atom is -0.388 e. The van der Waals surface area contributed by atoms with Gasteiger partial charge in [0, 0.05) is 40.9 Å². The zero-order chi connectivity index (χ0) is 24.4. The highest BCUT2D eigenvalue weighted by Crippen LogP contribution is 2.38. The van der Waals surface area contributed by atoms with Crippen molar-refractivity contribution in [2.24, 2.45) is 16.7 Å². The summed E-state index contributed by atoms with van der Waals surface area (Å²) in [6.07, 6.45) is 2.95. The summed E-state index contributed by atoms with van der Waals surface area (Å²) in [5.74, 6) is 6.44. The minimum absolute atomic E-state index is 0.0256. The van der Waals surface area contributed by atoms with E-state index in [0.29, 0.717) is 24.9 Å². The zero-order valence-electron chi connectivity index (χ0n) is 20.5. The second-order valence-corrected chi connectivity index (χ2v) is 9.53. The topological polar surface area (TPSA) is 117 Å². The Labute approximate surface area is 201 Å². The van der Waals surface area contributed by atoms with E-state index in [2.05, 4.69) is 59.2 Å². The molecule has 0 spiro atoms. The molecule has 0 atom stereocenters. The van der Waals surface area contributed by atoms with Gasteiger partial charge in [-0.3, -0.25) is 9.78 Å². The van der Waals surface area contributed by atoms with E-state index in [-0.39, 0.29) is 12.5 Å². The van der Waals surface area contributed by atoms with Crippen molar-refractivity contribution in [1.29, 1.82) is 0 Å². The standard InChI is InChI=1S/C26H35N7O/c1-16(2)25-22-13-20(19-7-9-32(10-8-19)24(34)14-33(28)29-15-27)5-6-23(22)31-26(25)21-11-17(3)30-18(4)12-21/h5-6,11-13,15-16,19,31H,7-10,14,28H2,1-4H3,(H2,27,29). The third kappa shape index (κ3) is 4.92. The number of H-pyrrole nitrogens is 1. The maximum Gasteiger partial charge on any atom is 0.245 e. The molecule has 1 aromatic carbocycles. The van der Waals surface area contributed by atoms with Crippen molar-refractivity contribution < 1.29 is 4.79 Å². The first kappa shape index (κ1) is 23.8. The Balaban J connectivity index is 1.57. The summed E-state index contributed by atoms with van der Waals surface area (Å²) in [7, 11) is 0. The summed E-state index contributed by atoms with van der Waals surface area (Å²) in [4.78, 5) is 22.6. The number of piperidine rings is 1. The van der Waals surface area contributed by atoms with Gasteiger partial charge in [-0.2, -0.15) is 5.10 Å². The predicted octanol–water partition coefficient (Wildman–Crippen LogP) is 3.75. The number of nitrogens with zero attached hydrogens (tertiary/aromatic N) is 4. The molecule has 0 saturated carbocycles. The Hall–Kier alpha value is -3.39. The normalized spacial score (nSPS) is 15.1. The molecule has 0 bridgehead atoms. The number of aromatic amines is 1. The SMILES string of the molecule is Cc1cc(-c2[nH]c3ccc(C4CCN(C(=O)CN(N)/N=C\N)CC4)cc3c2C(C)C)cc(C)n1. The van der Waals surface area contributed by atoms with E-state index in [1.807, 2.05) is 18.7 Å². The molecule has 1 saturated heterocycles. The van der Waals surface area contributed by atoms with E-state index in [4.69, 9.17) is 11.6 Å². The van der Waals surface area contributed by atoms with E-state index < -0.39 is 0 Å². The first-order valence-electron chi connectivity index (χ1n) is 11.9. The van der Waals surface area contributed by atoms with Crippen LogP contribution in [-0.2, 0) is 4.79 Å². The quantitative estimate of drug-likeness (QED) is 0.224. The van der Waals surface area contributed by atoms with Crippen LogP contribution in [0.2, 0.25) is 0 Å². The Kier molecular flexibility index (Phi) is 6.88. The highest BCUT2D eigenvalue weighted by atomic mass is 16.2. The minimum atomic E-state index is -0.0256. The van der Waals surface area contributed by atoms with E-state index in [0.717, 1.165) is 41.2 Å². The van der Waals surface area contributed by atoms with Crippen LogP contribution in [0, 0.1) is 13.8 Å². The highest BCUT2D eigenvalue weighted by Gasteiger charge is 2.25. The van der Waals surface area contributed by atoms with Gasteiger partial charge in [0.1, 0.15) is 12.9 Å². The molecular formula is C26H35N7O. The van der Waals surface area contributed by atoms with Gasteiger partial charge >= 0.3 is 0 Å². The molecule has 1 aliphatic heterocycles. The summed E-state index contributed by atoms with van der Waals surface area (Å²) < 4.78 is 0. The smallest absolute Gasteiger partial charge is 0.245 e. The van der Waals surface area contributed by atoms with Crippen LogP contribution in [0.15, 0.2) is 35.4 Å². The number of pyridine rings is 1. The number of amides is 1. The number of hydrogen-bond donors (Lipinski definition) is 3. The van der Waals surface area contributed by atoms with Gasteiger partial charge in [-0.1, -0.05) is 19.9 Å². The maximum atomic E-state index is 12.5. The summed E-state index contributed by atoms with van der Waals surface area (Å²) in [5, 5.41) is 6.07. The molecule has 1 fully saturated rings. The molecular weight excluding hydrogens is 426 g/mol. The van der Waals surface area contributed by atoms with Gasteiger partial charge in [0.15, 0.2) is 0 Å². The number of nitrogens with one attached hydrogen (secondary N) is 1. The summed E-state index contributed by atoms with van der Waals surface area (Å²) in [5.41, 5.74) is 13.5. The third-order valence-corrected chi connectivity index (χ3v) is 6.64. The molecule has 34 heavy (non-hydrogen) atoms. The molecule has 3 heterocycles. The average molecular weight is 462 g/mol. The van der Waals surface area contributed by atoms with Crippen molar-refractivity contribution in [3.8, 4) is 11.3 Å². The van der Waals surface area contributed by atoms with Crippen molar-refractivity contribution >= 4 is 23.1 Å². The molecule has 8 heteroatoms. The number of hydrazine groups is 1. The fourth-order valence-corrected chi connectivity index (χ4v) is 5.12. The van der Waals surface area contributed by atoms with Crippen LogP contribution in [0.1, 0.15) is 61.0 Å². The lowest BCUT2D eigenvalue weighted by atomic mass is 9.87. The van der Waals surface area contributed by atoms with Crippen molar-refractivity contribution in [3.63, 3.8) is 0 Å². The summed E-state index contributed by atoms with van der Waals surface area (Å²) in [6, 6.07) is 11.1. The summed E-state index contributed by atoms with van der Waals surface area (Å²) >= 11 is 0. The van der Waals surface area contributed by atoms with Crippen molar-refractivity contribution in [2.75, 3.05) is 19.6 Å². The molecule has 1 amide bonds. The van der Waals surface area contributed by atoms with Gasteiger partial charge < -0.3 is 15.6 Å². The second-order valence-electron chi connectivity index (χ2n) is 9.53. The van der Waals surface area contributed by atoms with Crippen molar-refractivity contribution in [2.45, 2.75) is 52.4 Å². The van der Waals surface area contributed by atoms with Crippen LogP contribution < -0.4 is 11.6 Å². The zero-order valence-corrected chi connectivity index (χ0v) is 20.5. The number of aromatic nitrogens is 2. The second kappa shape index (κ2) is 9.85. The monoisotopic (exact) mass is 461 g/mol. The van der Waals surface area contributed by atoms with E-state index >= 15 is 0 Å². The first-order valence-corrected chi connectivity index (χ1v) is 11.9. The number of fused-ring (bicyclic) bond motifs is 1. The van der Waals surface area contributed by atoms with Gasteiger partial charge in [0.25, 0.3) is 0 Å². The van der Waals surface area contributed by atoms with Crippen molar-refractivity contribution in [3.05, 3.63) is 52.8 Å². The number of nitrogens with two attached hydrogens (primary N) is 2. The van der Waals surface area contributed by atoms with Crippen molar-refractivity contribution in [1.82, 2.24) is 20.0 Å². The number of rotatable bonds is 6. The van der Waals surface area contributed by atoms with Gasteiger partial charge in [-0.25, -0.2) is 11.0 Å². The Morgan fingerprint density at radius 2 is 1.91 bits per heavy atom. The fraction of sp³-hybridized carbons (Fsp3) is 0.423. The van der Waals surface area contributed by atoms with E-state index in [9.17, 15) is 4.79 Å². The van der Waals surface area contributed by atoms with E-state index in [1.54, 1.807) is 0 Å². The van der Waals surface area contributed by atoms with Crippen LogP contribution in [0.4, 0.5) is 0 Å². The Bertz CT molecular complexity index is 1190. The molecule has 0 aliphatic carbocycles. The fourth-order valence-electron chi connectivity index (χ4n) is 5.12.